The summed E-state index contributed by atoms with van der Waals surface area (Å²) in [5, 5.41) is 0. The molecule has 0 atom stereocenters. The summed E-state index contributed by atoms with van der Waals surface area (Å²) < 4.78 is 4.65. The molecule has 1 fully saturated rings. The molecular formula is C7H14NOP. The van der Waals surface area contributed by atoms with Crippen LogP contribution in [0.25, 0.3) is 0 Å². The predicted octanol–water partition coefficient (Wildman–Crippen LogP) is 1.50. The van der Waals surface area contributed by atoms with Crippen molar-refractivity contribution in [1.29, 1.82) is 0 Å². The van der Waals surface area contributed by atoms with Crippen LogP contribution in [0, 0.1) is 0 Å². The second kappa shape index (κ2) is 5.67. The first kappa shape index (κ1) is 8.00. The molecule has 0 radical (unpaired) electrons. The summed E-state index contributed by atoms with van der Waals surface area (Å²) in [4.78, 5) is 3.74. The summed E-state index contributed by atoms with van der Waals surface area (Å²) in [6, 6.07) is 0. The highest BCUT2D eigenvalue weighted by molar-refractivity contribution is 7.38. The molecule has 0 saturated carbocycles. The maximum absolute atomic E-state index is 4.65. The van der Waals surface area contributed by atoms with Gasteiger partial charge in [-0.25, -0.2) is 0 Å². The first-order valence-electron chi connectivity index (χ1n) is 3.81. The zero-order valence-corrected chi connectivity index (χ0v) is 7.18. The zero-order chi connectivity index (χ0) is 7.07. The third-order valence-corrected chi connectivity index (χ3v) is 2.86. The second-order valence-electron chi connectivity index (χ2n) is 2.34. The molecular weight excluding hydrogens is 145 g/mol. The Morgan fingerprint density at radius 1 is 1.30 bits per heavy atom. The van der Waals surface area contributed by atoms with Gasteiger partial charge in [0.05, 0.1) is 6.54 Å². The fourth-order valence-electron chi connectivity index (χ4n) is 0.889. The largest absolute Gasteiger partial charge is 0.482 e. The van der Waals surface area contributed by atoms with E-state index in [1.807, 2.05) is 0 Å². The molecule has 58 valence electrons. The quantitative estimate of drug-likeness (QED) is 0.491. The third kappa shape index (κ3) is 3.84. The SMILES string of the molecule is C1=NCCO1.C1CCPC1. The lowest BCUT2D eigenvalue weighted by molar-refractivity contribution is 0.361. The van der Waals surface area contributed by atoms with E-state index in [1.54, 1.807) is 0 Å². The van der Waals surface area contributed by atoms with Crippen LogP contribution in [0.5, 0.6) is 0 Å². The molecule has 0 spiro atoms. The van der Waals surface area contributed by atoms with Crippen molar-refractivity contribution in [3.63, 3.8) is 0 Å². The van der Waals surface area contributed by atoms with Crippen molar-refractivity contribution >= 4 is 15.0 Å². The van der Waals surface area contributed by atoms with Gasteiger partial charge in [0.2, 0.25) is 0 Å². The lowest BCUT2D eigenvalue weighted by Gasteiger charge is -1.76. The van der Waals surface area contributed by atoms with Gasteiger partial charge in [0.1, 0.15) is 6.61 Å². The minimum Gasteiger partial charge on any atom is -0.482 e. The molecule has 1 saturated heterocycles. The molecule has 0 unspecified atom stereocenters. The van der Waals surface area contributed by atoms with Crippen LogP contribution >= 0.6 is 8.58 Å². The fourth-order valence-corrected chi connectivity index (χ4v) is 2.14. The Morgan fingerprint density at radius 2 is 2.10 bits per heavy atom. The lowest BCUT2D eigenvalue weighted by Crippen LogP contribution is -1.80. The van der Waals surface area contributed by atoms with Crippen molar-refractivity contribution < 1.29 is 4.74 Å². The smallest absolute Gasteiger partial charge is 0.169 e. The summed E-state index contributed by atoms with van der Waals surface area (Å²) in [5.41, 5.74) is 0. The van der Waals surface area contributed by atoms with Crippen molar-refractivity contribution in [3.8, 4) is 0 Å². The van der Waals surface area contributed by atoms with Gasteiger partial charge in [-0.3, -0.25) is 4.99 Å². The Labute approximate surface area is 63.8 Å². The van der Waals surface area contributed by atoms with Crippen molar-refractivity contribution in [1.82, 2.24) is 0 Å². The van der Waals surface area contributed by atoms with E-state index in [1.165, 1.54) is 40.1 Å². The molecule has 2 nitrogen and oxygen atoms in total. The number of rotatable bonds is 0. The van der Waals surface area contributed by atoms with Crippen molar-refractivity contribution in [2.24, 2.45) is 4.99 Å². The van der Waals surface area contributed by atoms with Gasteiger partial charge in [-0.05, 0) is 25.2 Å². The van der Waals surface area contributed by atoms with Gasteiger partial charge in [-0.15, -0.1) is 8.58 Å². The fraction of sp³-hybridized carbons (Fsp3) is 0.857. The van der Waals surface area contributed by atoms with E-state index in [0.29, 0.717) is 0 Å². The first-order chi connectivity index (χ1) is 5.00. The number of hydrogen-bond donors (Lipinski definition) is 0. The molecule has 2 aliphatic rings. The van der Waals surface area contributed by atoms with Crippen LogP contribution in [-0.4, -0.2) is 31.9 Å². The summed E-state index contributed by atoms with van der Waals surface area (Å²) in [7, 11) is 1.31. The minimum atomic E-state index is 0.778. The maximum Gasteiger partial charge on any atom is 0.169 e. The normalized spacial score (nSPS) is 21.6. The third-order valence-electron chi connectivity index (χ3n) is 1.44. The van der Waals surface area contributed by atoms with E-state index in [2.05, 4.69) is 9.73 Å². The molecule has 0 aliphatic carbocycles. The van der Waals surface area contributed by atoms with Gasteiger partial charge in [0, 0.05) is 0 Å². The standard InChI is InChI=1S/C4H9P.C3H5NO/c1-2-4-5-3-1;1-2-5-3-4-1/h5H,1-4H2;3H,1-2H2. The van der Waals surface area contributed by atoms with Gasteiger partial charge >= 0.3 is 0 Å². The monoisotopic (exact) mass is 159 g/mol. The van der Waals surface area contributed by atoms with E-state index < -0.39 is 0 Å². The molecule has 10 heavy (non-hydrogen) atoms. The summed E-state index contributed by atoms with van der Waals surface area (Å²) in [6.45, 7) is 1.62. The molecule has 0 bridgehead atoms. The molecule has 0 N–H and O–H groups in total. The Kier molecular flexibility index (Phi) is 4.53. The van der Waals surface area contributed by atoms with Crippen LogP contribution in [0.15, 0.2) is 4.99 Å². The zero-order valence-electron chi connectivity index (χ0n) is 6.18. The predicted molar refractivity (Wildman–Crippen MR) is 46.6 cm³/mol. The van der Waals surface area contributed by atoms with E-state index in [4.69, 9.17) is 0 Å². The van der Waals surface area contributed by atoms with E-state index in [0.717, 1.165) is 13.2 Å². The van der Waals surface area contributed by atoms with Crippen LogP contribution < -0.4 is 0 Å². The molecule has 2 aliphatic heterocycles. The Hall–Kier alpha value is -0.100. The van der Waals surface area contributed by atoms with Gasteiger partial charge in [-0.2, -0.15) is 0 Å². The highest BCUT2D eigenvalue weighted by atomic mass is 31.1. The van der Waals surface area contributed by atoms with Crippen LogP contribution in [0.3, 0.4) is 0 Å². The number of hydrogen-bond acceptors (Lipinski definition) is 2. The van der Waals surface area contributed by atoms with Crippen LogP contribution in [-0.2, 0) is 4.74 Å². The Morgan fingerprint density at radius 3 is 2.30 bits per heavy atom. The summed E-state index contributed by atoms with van der Waals surface area (Å²) in [6.07, 6.45) is 7.57. The van der Waals surface area contributed by atoms with Gasteiger partial charge in [0.15, 0.2) is 6.40 Å². The van der Waals surface area contributed by atoms with E-state index in [-0.39, 0.29) is 0 Å². The molecule has 0 aromatic rings. The minimum absolute atomic E-state index is 0.778. The average molecular weight is 159 g/mol. The Bertz CT molecular complexity index is 88.2. The highest BCUT2D eigenvalue weighted by Crippen LogP contribution is 2.21. The molecule has 0 aromatic carbocycles. The molecule has 2 heterocycles. The number of ether oxygens (including phenoxy) is 1. The van der Waals surface area contributed by atoms with Gasteiger partial charge in [-0.1, -0.05) is 0 Å². The number of nitrogens with zero attached hydrogens (tertiary/aromatic N) is 1. The molecule has 3 heteroatoms. The molecule has 2 rings (SSSR count). The molecule has 0 amide bonds. The maximum atomic E-state index is 4.65. The van der Waals surface area contributed by atoms with Crippen LogP contribution in [0.1, 0.15) is 12.8 Å². The van der Waals surface area contributed by atoms with Crippen molar-refractivity contribution in [2.45, 2.75) is 12.8 Å². The Balaban J connectivity index is 0.0000001000. The highest BCUT2D eigenvalue weighted by Gasteiger charge is 1.94. The van der Waals surface area contributed by atoms with Crippen LogP contribution in [0.2, 0.25) is 0 Å². The average Bonchev–Trinajstić information content (AvgIpc) is 2.67. The summed E-state index contributed by atoms with van der Waals surface area (Å²) in [5.74, 6) is 0. The summed E-state index contributed by atoms with van der Waals surface area (Å²) >= 11 is 0. The lowest BCUT2D eigenvalue weighted by atomic mass is 10.4. The van der Waals surface area contributed by atoms with Crippen molar-refractivity contribution in [2.75, 3.05) is 25.5 Å². The van der Waals surface area contributed by atoms with Crippen molar-refractivity contribution in [3.05, 3.63) is 0 Å². The van der Waals surface area contributed by atoms with E-state index in [9.17, 15) is 0 Å². The van der Waals surface area contributed by atoms with Gasteiger partial charge in [0.25, 0.3) is 0 Å². The topological polar surface area (TPSA) is 21.6 Å². The molecule has 0 aromatic heterocycles. The van der Waals surface area contributed by atoms with Gasteiger partial charge < -0.3 is 4.74 Å². The number of aliphatic imine (C=N–C) groups is 1. The first-order valence-corrected chi connectivity index (χ1v) is 5.22. The van der Waals surface area contributed by atoms with Crippen LogP contribution in [0.4, 0.5) is 0 Å². The van der Waals surface area contributed by atoms with E-state index >= 15 is 0 Å². The second-order valence-corrected chi connectivity index (χ2v) is 3.84.